The van der Waals surface area contributed by atoms with Crippen molar-refractivity contribution < 1.29 is 19.1 Å². The Morgan fingerprint density at radius 2 is 1.59 bits per heavy atom. The molecule has 0 unspecified atom stereocenters. The summed E-state index contributed by atoms with van der Waals surface area (Å²) in [5.74, 6) is 1.01. The van der Waals surface area contributed by atoms with E-state index in [1.165, 1.54) is 0 Å². The molecule has 2 N–H and O–H groups in total. The minimum atomic E-state index is -0.967. The average molecular weight is 368 g/mol. The molecule has 0 aliphatic heterocycles. The van der Waals surface area contributed by atoms with E-state index in [4.69, 9.17) is 9.47 Å². The summed E-state index contributed by atoms with van der Waals surface area (Å²) in [5.41, 5.74) is 0.634. The highest BCUT2D eigenvalue weighted by molar-refractivity contribution is 6.13. The highest BCUT2D eigenvalue weighted by Gasteiger charge is 2.56. The molecule has 1 fully saturated rings. The predicted octanol–water partition coefficient (Wildman–Crippen LogP) is 3.13. The molecular weight excluding hydrogens is 344 g/mol. The number of hydrogen-bond donors (Lipinski definition) is 2. The molecule has 1 aliphatic rings. The lowest BCUT2D eigenvalue weighted by Gasteiger charge is -2.16. The summed E-state index contributed by atoms with van der Waals surface area (Å²) in [5, 5.41) is 5.71. The summed E-state index contributed by atoms with van der Waals surface area (Å²) in [4.78, 5) is 25.2. The van der Waals surface area contributed by atoms with Crippen LogP contribution >= 0.6 is 0 Å². The Morgan fingerprint density at radius 1 is 0.963 bits per heavy atom. The SMILES string of the molecule is CCOc1ccc(NC(=O)C2(C(=O)NCc3ccc(OC)cc3)CC2)cc1. The first-order valence-corrected chi connectivity index (χ1v) is 9.03. The van der Waals surface area contributed by atoms with Crippen LogP contribution in [0.2, 0.25) is 0 Å². The predicted molar refractivity (Wildman–Crippen MR) is 103 cm³/mol. The van der Waals surface area contributed by atoms with Crippen LogP contribution in [0.1, 0.15) is 25.3 Å². The van der Waals surface area contributed by atoms with Crippen molar-refractivity contribution in [3.05, 3.63) is 54.1 Å². The van der Waals surface area contributed by atoms with Gasteiger partial charge in [0.15, 0.2) is 0 Å². The normalized spacial score (nSPS) is 14.1. The number of carbonyl (C=O) groups excluding carboxylic acids is 2. The van der Waals surface area contributed by atoms with Crippen molar-refractivity contribution in [1.29, 1.82) is 0 Å². The zero-order chi connectivity index (χ0) is 19.3. The van der Waals surface area contributed by atoms with Gasteiger partial charge in [-0.1, -0.05) is 12.1 Å². The van der Waals surface area contributed by atoms with Crippen LogP contribution in [0.25, 0.3) is 0 Å². The summed E-state index contributed by atoms with van der Waals surface area (Å²) >= 11 is 0. The minimum Gasteiger partial charge on any atom is -0.497 e. The van der Waals surface area contributed by atoms with Crippen LogP contribution in [0.15, 0.2) is 48.5 Å². The summed E-state index contributed by atoms with van der Waals surface area (Å²) in [6, 6.07) is 14.6. The summed E-state index contributed by atoms with van der Waals surface area (Å²) < 4.78 is 10.5. The fourth-order valence-corrected chi connectivity index (χ4v) is 2.83. The molecule has 3 rings (SSSR count). The van der Waals surface area contributed by atoms with Crippen LogP contribution in [0.4, 0.5) is 5.69 Å². The van der Waals surface area contributed by atoms with Crippen LogP contribution in [-0.4, -0.2) is 25.5 Å². The monoisotopic (exact) mass is 368 g/mol. The van der Waals surface area contributed by atoms with Crippen LogP contribution in [0.3, 0.4) is 0 Å². The number of ether oxygens (including phenoxy) is 2. The summed E-state index contributed by atoms with van der Waals surface area (Å²) in [6.45, 7) is 2.88. The van der Waals surface area contributed by atoms with Gasteiger partial charge < -0.3 is 20.1 Å². The largest absolute Gasteiger partial charge is 0.497 e. The number of anilines is 1. The van der Waals surface area contributed by atoms with Gasteiger partial charge in [0, 0.05) is 12.2 Å². The quantitative estimate of drug-likeness (QED) is 0.702. The maximum absolute atomic E-state index is 12.6. The van der Waals surface area contributed by atoms with Crippen molar-refractivity contribution >= 4 is 17.5 Å². The van der Waals surface area contributed by atoms with E-state index in [9.17, 15) is 9.59 Å². The van der Waals surface area contributed by atoms with Gasteiger partial charge in [-0.3, -0.25) is 9.59 Å². The second-order valence-corrected chi connectivity index (χ2v) is 6.52. The first-order chi connectivity index (χ1) is 13.1. The molecule has 1 aliphatic carbocycles. The van der Waals surface area contributed by atoms with Crippen LogP contribution in [-0.2, 0) is 16.1 Å². The zero-order valence-electron chi connectivity index (χ0n) is 15.6. The Hall–Kier alpha value is -3.02. The summed E-state index contributed by atoms with van der Waals surface area (Å²) in [7, 11) is 1.61. The molecule has 0 heterocycles. The standard InChI is InChI=1S/C21H24N2O4/c1-3-27-18-10-6-16(7-11-18)23-20(25)21(12-13-21)19(24)22-14-15-4-8-17(26-2)9-5-15/h4-11H,3,12-14H2,1-2H3,(H,22,24)(H,23,25). The van der Waals surface area contributed by atoms with Gasteiger partial charge >= 0.3 is 0 Å². The number of methoxy groups -OCH3 is 1. The number of hydrogen-bond acceptors (Lipinski definition) is 4. The van der Waals surface area contributed by atoms with Gasteiger partial charge in [-0.15, -0.1) is 0 Å². The third-order valence-corrected chi connectivity index (χ3v) is 4.65. The van der Waals surface area contributed by atoms with E-state index >= 15 is 0 Å². The van der Waals surface area contributed by atoms with Crippen molar-refractivity contribution in [1.82, 2.24) is 5.32 Å². The first-order valence-electron chi connectivity index (χ1n) is 9.03. The van der Waals surface area contributed by atoms with Crippen molar-refractivity contribution in [3.8, 4) is 11.5 Å². The molecule has 0 bridgehead atoms. The number of benzene rings is 2. The smallest absolute Gasteiger partial charge is 0.240 e. The molecule has 0 atom stereocenters. The van der Waals surface area contributed by atoms with Gasteiger partial charge in [0.2, 0.25) is 11.8 Å². The first kappa shape index (κ1) is 18.8. The third kappa shape index (κ3) is 4.39. The molecular formula is C21H24N2O4. The third-order valence-electron chi connectivity index (χ3n) is 4.65. The van der Waals surface area contributed by atoms with E-state index in [-0.39, 0.29) is 11.8 Å². The molecule has 6 heteroatoms. The van der Waals surface area contributed by atoms with Crippen molar-refractivity contribution in [2.45, 2.75) is 26.3 Å². The minimum absolute atomic E-state index is 0.234. The van der Waals surface area contributed by atoms with E-state index in [0.717, 1.165) is 17.1 Å². The Labute approximate surface area is 158 Å². The number of carbonyl (C=O) groups is 2. The van der Waals surface area contributed by atoms with E-state index < -0.39 is 5.41 Å². The lowest BCUT2D eigenvalue weighted by atomic mass is 10.0. The molecule has 142 valence electrons. The fraction of sp³-hybridized carbons (Fsp3) is 0.333. The van der Waals surface area contributed by atoms with Crippen LogP contribution < -0.4 is 20.1 Å². The molecule has 0 radical (unpaired) electrons. The Kier molecular flexibility index (Phi) is 5.64. The van der Waals surface area contributed by atoms with Gasteiger partial charge in [-0.2, -0.15) is 0 Å². The van der Waals surface area contributed by atoms with E-state index in [0.29, 0.717) is 31.7 Å². The fourth-order valence-electron chi connectivity index (χ4n) is 2.83. The number of nitrogens with one attached hydrogen (secondary N) is 2. The van der Waals surface area contributed by atoms with Crippen LogP contribution in [0, 0.1) is 5.41 Å². The van der Waals surface area contributed by atoms with Gasteiger partial charge in [0.1, 0.15) is 16.9 Å². The Morgan fingerprint density at radius 3 is 2.15 bits per heavy atom. The maximum Gasteiger partial charge on any atom is 0.240 e. The topological polar surface area (TPSA) is 76.7 Å². The molecule has 1 saturated carbocycles. The van der Waals surface area contributed by atoms with Crippen molar-refractivity contribution in [2.24, 2.45) is 5.41 Å². The van der Waals surface area contributed by atoms with Crippen molar-refractivity contribution in [3.63, 3.8) is 0 Å². The second-order valence-electron chi connectivity index (χ2n) is 6.52. The Balaban J connectivity index is 1.56. The maximum atomic E-state index is 12.6. The molecule has 6 nitrogen and oxygen atoms in total. The van der Waals surface area contributed by atoms with Gasteiger partial charge in [0.25, 0.3) is 0 Å². The van der Waals surface area contributed by atoms with E-state index in [2.05, 4.69) is 10.6 Å². The van der Waals surface area contributed by atoms with Gasteiger partial charge in [-0.25, -0.2) is 0 Å². The lowest BCUT2D eigenvalue weighted by molar-refractivity contribution is -0.134. The van der Waals surface area contributed by atoms with Gasteiger partial charge in [0.05, 0.1) is 13.7 Å². The zero-order valence-corrected chi connectivity index (χ0v) is 15.6. The lowest BCUT2D eigenvalue weighted by Crippen LogP contribution is -2.39. The molecule has 0 spiro atoms. The summed E-state index contributed by atoms with van der Waals surface area (Å²) in [6.07, 6.45) is 1.12. The van der Waals surface area contributed by atoms with Crippen LogP contribution in [0.5, 0.6) is 11.5 Å². The molecule has 2 amide bonds. The Bertz CT molecular complexity index is 796. The molecule has 0 aromatic heterocycles. The molecule has 2 aromatic rings. The number of amides is 2. The molecule has 27 heavy (non-hydrogen) atoms. The highest BCUT2D eigenvalue weighted by atomic mass is 16.5. The average Bonchev–Trinajstić information content (AvgIpc) is 3.50. The van der Waals surface area contributed by atoms with E-state index in [1.54, 1.807) is 31.4 Å². The second kappa shape index (κ2) is 8.12. The number of rotatable bonds is 8. The molecule has 2 aromatic carbocycles. The molecule has 0 saturated heterocycles. The van der Waals surface area contributed by atoms with Crippen molar-refractivity contribution in [2.75, 3.05) is 19.0 Å². The van der Waals surface area contributed by atoms with E-state index in [1.807, 2.05) is 31.2 Å². The highest BCUT2D eigenvalue weighted by Crippen LogP contribution is 2.47. The van der Waals surface area contributed by atoms with Gasteiger partial charge in [-0.05, 0) is 61.7 Å².